The molecule has 0 saturated carbocycles. The van der Waals surface area contributed by atoms with Crippen molar-refractivity contribution >= 4 is 35.2 Å². The standard InChI is InChI=1S/C32H26N2O7S/c35-17-19-10-12-20(13-11-19)27-16-23(18-42-28-26(31(38)39)9-4-14-33-28)40-32(41-27)21-5-3-6-22(15-21)34-29(36)24-7-1-2-8-25(24)30(34)37/h1-15,23,27,32,35H,16-18H2,(H,38,39)/t23-,27+,32+/m0/s1. The number of hydrogen-bond acceptors (Lipinski definition) is 8. The molecule has 3 atom stereocenters. The van der Waals surface area contributed by atoms with Gasteiger partial charge < -0.3 is 19.7 Å². The van der Waals surface area contributed by atoms with Gasteiger partial charge in [0, 0.05) is 23.9 Å². The molecule has 1 fully saturated rings. The molecule has 0 unspecified atom stereocenters. The highest BCUT2D eigenvalue weighted by atomic mass is 32.2. The monoisotopic (exact) mass is 582 g/mol. The molecule has 2 aliphatic rings. The first-order chi connectivity index (χ1) is 20.4. The van der Waals surface area contributed by atoms with Crippen molar-refractivity contribution in [3.63, 3.8) is 0 Å². The number of carboxylic acid groups (broad SMARTS) is 1. The number of carbonyl (C=O) groups excluding carboxylic acids is 2. The van der Waals surface area contributed by atoms with Crippen LogP contribution in [-0.4, -0.2) is 44.8 Å². The number of aliphatic hydroxyl groups is 1. The number of carbonyl (C=O) groups is 3. The van der Waals surface area contributed by atoms with Crippen molar-refractivity contribution in [3.8, 4) is 0 Å². The smallest absolute Gasteiger partial charge is 0.338 e. The zero-order chi connectivity index (χ0) is 29.2. The van der Waals surface area contributed by atoms with Crippen LogP contribution in [0.15, 0.2) is 96.2 Å². The molecule has 1 saturated heterocycles. The lowest BCUT2D eigenvalue weighted by Gasteiger charge is -2.36. The Morgan fingerprint density at radius 2 is 1.64 bits per heavy atom. The highest BCUT2D eigenvalue weighted by molar-refractivity contribution is 7.99. The van der Waals surface area contributed by atoms with Gasteiger partial charge >= 0.3 is 5.97 Å². The third-order valence-corrected chi connectivity index (χ3v) is 8.35. The highest BCUT2D eigenvalue weighted by Crippen LogP contribution is 2.40. The van der Waals surface area contributed by atoms with Gasteiger partial charge in [-0.25, -0.2) is 14.7 Å². The molecular formula is C32H26N2O7S. The summed E-state index contributed by atoms with van der Waals surface area (Å²) in [6, 6.07) is 24.3. The second-order valence-corrected chi connectivity index (χ2v) is 10.9. The summed E-state index contributed by atoms with van der Waals surface area (Å²) in [6.07, 6.45) is 0.508. The van der Waals surface area contributed by atoms with E-state index >= 15 is 0 Å². The summed E-state index contributed by atoms with van der Waals surface area (Å²) in [6.45, 7) is -0.0720. The van der Waals surface area contributed by atoms with Crippen LogP contribution in [0.5, 0.6) is 0 Å². The Balaban J connectivity index is 1.28. The number of thioether (sulfide) groups is 1. The molecule has 10 heteroatoms. The van der Waals surface area contributed by atoms with E-state index in [1.807, 2.05) is 30.3 Å². The highest BCUT2D eigenvalue weighted by Gasteiger charge is 2.37. The molecule has 6 rings (SSSR count). The summed E-state index contributed by atoms with van der Waals surface area (Å²) in [5.74, 6) is -1.42. The Morgan fingerprint density at radius 3 is 2.33 bits per heavy atom. The number of nitrogens with zero attached hydrogens (tertiary/aromatic N) is 2. The van der Waals surface area contributed by atoms with E-state index in [4.69, 9.17) is 9.47 Å². The van der Waals surface area contributed by atoms with E-state index in [-0.39, 0.29) is 36.2 Å². The predicted octanol–water partition coefficient (Wildman–Crippen LogP) is 5.41. The molecule has 0 bridgehead atoms. The topological polar surface area (TPSA) is 126 Å². The Bertz CT molecular complexity index is 1620. The fourth-order valence-corrected chi connectivity index (χ4v) is 6.10. The molecule has 0 spiro atoms. The minimum Gasteiger partial charge on any atom is -0.478 e. The first-order valence-electron chi connectivity index (χ1n) is 13.3. The minimum atomic E-state index is -1.05. The van der Waals surface area contributed by atoms with Crippen LogP contribution in [-0.2, 0) is 16.1 Å². The normalized spacial score (nSPS) is 20.0. The van der Waals surface area contributed by atoms with Gasteiger partial charge in [-0.3, -0.25) is 9.59 Å². The number of aromatic carboxylic acids is 1. The summed E-state index contributed by atoms with van der Waals surface area (Å²) in [7, 11) is 0. The number of carboxylic acids is 1. The average molecular weight is 583 g/mol. The van der Waals surface area contributed by atoms with Gasteiger partial charge in [0.2, 0.25) is 0 Å². The third-order valence-electron chi connectivity index (χ3n) is 7.22. The van der Waals surface area contributed by atoms with Crippen molar-refractivity contribution in [2.75, 3.05) is 10.7 Å². The fourth-order valence-electron chi connectivity index (χ4n) is 5.10. The number of anilines is 1. The average Bonchev–Trinajstić information content (AvgIpc) is 3.29. The zero-order valence-electron chi connectivity index (χ0n) is 22.3. The van der Waals surface area contributed by atoms with Gasteiger partial charge in [-0.15, -0.1) is 11.8 Å². The van der Waals surface area contributed by atoms with Crippen LogP contribution in [0.25, 0.3) is 0 Å². The van der Waals surface area contributed by atoms with Crippen LogP contribution in [0.4, 0.5) is 5.69 Å². The number of ether oxygens (including phenoxy) is 2. The van der Waals surface area contributed by atoms with Crippen molar-refractivity contribution in [1.29, 1.82) is 0 Å². The summed E-state index contributed by atoms with van der Waals surface area (Å²) in [5, 5.41) is 19.4. The lowest BCUT2D eigenvalue weighted by Crippen LogP contribution is -2.32. The van der Waals surface area contributed by atoms with Gasteiger partial charge in [-0.1, -0.05) is 48.5 Å². The van der Waals surface area contributed by atoms with E-state index in [2.05, 4.69) is 4.98 Å². The maximum atomic E-state index is 13.1. The number of aromatic nitrogens is 1. The van der Waals surface area contributed by atoms with Crippen molar-refractivity contribution in [1.82, 2.24) is 4.98 Å². The van der Waals surface area contributed by atoms with Crippen LogP contribution >= 0.6 is 11.8 Å². The second kappa shape index (κ2) is 11.9. The lowest BCUT2D eigenvalue weighted by atomic mass is 10.0. The molecule has 2 N–H and O–H groups in total. The first-order valence-corrected chi connectivity index (χ1v) is 14.3. The van der Waals surface area contributed by atoms with Gasteiger partial charge in [0.1, 0.15) is 5.03 Å². The van der Waals surface area contributed by atoms with Crippen LogP contribution < -0.4 is 4.90 Å². The van der Waals surface area contributed by atoms with Gasteiger partial charge in [-0.05, 0) is 47.5 Å². The van der Waals surface area contributed by atoms with E-state index in [9.17, 15) is 24.6 Å². The van der Waals surface area contributed by atoms with E-state index in [0.29, 0.717) is 39.6 Å². The van der Waals surface area contributed by atoms with E-state index in [1.54, 1.807) is 54.7 Å². The number of pyridine rings is 1. The number of fused-ring (bicyclic) bond motifs is 1. The summed E-state index contributed by atoms with van der Waals surface area (Å²) in [5.41, 5.74) is 3.55. The molecule has 3 aromatic carbocycles. The van der Waals surface area contributed by atoms with Gasteiger partial charge in [-0.2, -0.15) is 0 Å². The van der Waals surface area contributed by atoms with Crippen LogP contribution in [0.3, 0.4) is 0 Å². The Kier molecular flexibility index (Phi) is 7.86. The molecular weight excluding hydrogens is 556 g/mol. The number of aliphatic hydroxyl groups excluding tert-OH is 1. The largest absolute Gasteiger partial charge is 0.478 e. The lowest BCUT2D eigenvalue weighted by molar-refractivity contribution is -0.245. The number of imide groups is 1. The molecule has 3 heterocycles. The van der Waals surface area contributed by atoms with E-state index in [1.165, 1.54) is 17.8 Å². The third kappa shape index (κ3) is 5.45. The van der Waals surface area contributed by atoms with Crippen LogP contribution in [0, 0.1) is 0 Å². The SMILES string of the molecule is O=C(O)c1cccnc1SC[C@@H]1C[C@H](c2ccc(CO)cc2)O[C@H](c2cccc(N3C(=O)c4ccccc4C3=O)c2)O1. The molecule has 42 heavy (non-hydrogen) atoms. The molecule has 1 aromatic heterocycles. The Labute approximate surface area is 245 Å². The second-order valence-electron chi connectivity index (χ2n) is 9.91. The number of benzene rings is 3. The Morgan fingerprint density at radius 1 is 0.905 bits per heavy atom. The maximum Gasteiger partial charge on any atom is 0.338 e. The molecule has 4 aromatic rings. The zero-order valence-corrected chi connectivity index (χ0v) is 23.1. The molecule has 0 aliphatic carbocycles. The van der Waals surface area contributed by atoms with E-state index < -0.39 is 12.3 Å². The maximum absolute atomic E-state index is 13.1. The van der Waals surface area contributed by atoms with Gasteiger partial charge in [0.25, 0.3) is 11.8 Å². The van der Waals surface area contributed by atoms with Crippen LogP contribution in [0.1, 0.15) is 66.6 Å². The summed E-state index contributed by atoms with van der Waals surface area (Å²) < 4.78 is 12.8. The van der Waals surface area contributed by atoms with Gasteiger partial charge in [0.15, 0.2) is 6.29 Å². The Hall–Kier alpha value is -4.35. The van der Waals surface area contributed by atoms with Gasteiger partial charge in [0.05, 0.1) is 41.2 Å². The molecule has 2 amide bonds. The van der Waals surface area contributed by atoms with Crippen LogP contribution in [0.2, 0.25) is 0 Å². The minimum absolute atomic E-state index is 0.0720. The molecule has 212 valence electrons. The molecule has 2 aliphatic heterocycles. The first kappa shape index (κ1) is 27.8. The quantitative estimate of drug-likeness (QED) is 0.207. The summed E-state index contributed by atoms with van der Waals surface area (Å²) >= 11 is 1.30. The van der Waals surface area contributed by atoms with Crippen molar-refractivity contribution < 1.29 is 34.1 Å². The van der Waals surface area contributed by atoms with Crippen molar-refractivity contribution in [2.45, 2.75) is 36.6 Å². The molecule has 9 nitrogen and oxygen atoms in total. The fraction of sp³-hybridized carbons (Fsp3) is 0.188. The van der Waals surface area contributed by atoms with Crippen molar-refractivity contribution in [2.24, 2.45) is 0 Å². The number of hydrogen-bond donors (Lipinski definition) is 2. The number of rotatable bonds is 8. The summed E-state index contributed by atoms with van der Waals surface area (Å²) in [4.78, 5) is 43.3. The van der Waals surface area contributed by atoms with E-state index in [0.717, 1.165) is 16.0 Å². The van der Waals surface area contributed by atoms with Crippen molar-refractivity contribution in [3.05, 3.63) is 125 Å². The number of amides is 2. The molecule has 0 radical (unpaired) electrons. The predicted molar refractivity (Wildman–Crippen MR) is 154 cm³/mol.